The summed E-state index contributed by atoms with van der Waals surface area (Å²) < 4.78 is 5.59. The van der Waals surface area contributed by atoms with Crippen molar-refractivity contribution in [2.24, 2.45) is 0 Å². The molecule has 0 radical (unpaired) electrons. The van der Waals surface area contributed by atoms with Crippen LogP contribution in [0, 0.1) is 0 Å². The summed E-state index contributed by atoms with van der Waals surface area (Å²) in [6, 6.07) is 20.0. The average molecular weight is 368 g/mol. The monoisotopic (exact) mass is 366 g/mol. The Morgan fingerprint density at radius 1 is 0.706 bits per heavy atom. The Hall–Kier alpha value is -0.0338. The van der Waals surface area contributed by atoms with E-state index in [9.17, 15) is 0 Å². The van der Waals surface area contributed by atoms with Gasteiger partial charge in [0, 0.05) is 0 Å². The molecule has 2 rings (SSSR count). The van der Waals surface area contributed by atoms with E-state index in [4.69, 9.17) is 4.74 Å². The number of hydrogen-bond donors (Lipinski definition) is 0. The second-order valence-electron chi connectivity index (χ2n) is 3.09. The van der Waals surface area contributed by atoms with Crippen molar-refractivity contribution >= 4 is 23.1 Å². The maximum Gasteiger partial charge on any atom is 2.00 e. The predicted molar refractivity (Wildman–Crippen MR) is 63.0 cm³/mol. The summed E-state index contributed by atoms with van der Waals surface area (Å²) in [6.45, 7) is 0.630. The maximum absolute atomic E-state index is 5.59. The molecule has 0 aliphatic heterocycles. The number of halogens is 2. The Bertz CT molecular complexity index is 342. The van der Waals surface area contributed by atoms with Crippen molar-refractivity contribution in [3.8, 4) is 5.75 Å². The van der Waals surface area contributed by atoms with Crippen molar-refractivity contribution in [2.75, 3.05) is 0 Å². The Kier molecular flexibility index (Phi) is 12.6. The van der Waals surface area contributed by atoms with Gasteiger partial charge in [-0.2, -0.15) is 0 Å². The van der Waals surface area contributed by atoms with Crippen LogP contribution in [0.1, 0.15) is 5.56 Å². The molecular weight excluding hydrogens is 356 g/mol. The van der Waals surface area contributed by atoms with E-state index >= 15 is 0 Å². The fraction of sp³-hybridized carbons (Fsp3) is 0.0769. The summed E-state index contributed by atoms with van der Waals surface area (Å²) in [6.07, 6.45) is 0. The van der Waals surface area contributed by atoms with Gasteiger partial charge in [-0.3, -0.25) is 0 Å². The van der Waals surface area contributed by atoms with Crippen molar-refractivity contribution in [3.05, 3.63) is 66.2 Å². The number of ether oxygens (including phenoxy) is 1. The smallest absolute Gasteiger partial charge is 1.00 e. The van der Waals surface area contributed by atoms with E-state index in [2.05, 4.69) is 12.1 Å². The van der Waals surface area contributed by atoms with Crippen LogP contribution in [0.25, 0.3) is 0 Å². The molecule has 86 valence electrons. The maximum atomic E-state index is 5.59. The van der Waals surface area contributed by atoms with Crippen molar-refractivity contribution in [1.29, 1.82) is 0 Å². The van der Waals surface area contributed by atoms with Crippen molar-refractivity contribution in [2.45, 2.75) is 6.61 Å². The van der Waals surface area contributed by atoms with Crippen LogP contribution < -0.4 is 38.7 Å². The molecule has 2 aromatic rings. The van der Waals surface area contributed by atoms with E-state index in [0.29, 0.717) is 6.61 Å². The van der Waals surface area contributed by atoms with E-state index in [-0.39, 0.29) is 57.0 Å². The molecule has 17 heavy (non-hydrogen) atoms. The van der Waals surface area contributed by atoms with Crippen molar-refractivity contribution in [1.82, 2.24) is 0 Å². The van der Waals surface area contributed by atoms with Crippen LogP contribution in [0.15, 0.2) is 60.7 Å². The second-order valence-corrected chi connectivity index (χ2v) is 3.09. The van der Waals surface area contributed by atoms with Gasteiger partial charge >= 0.3 is 23.1 Å². The second kappa shape index (κ2) is 11.1. The third-order valence-corrected chi connectivity index (χ3v) is 1.99. The minimum atomic E-state index is 0. The molecule has 2 aromatic carbocycles. The summed E-state index contributed by atoms with van der Waals surface area (Å²) in [5.41, 5.74) is 1.19. The molecule has 0 aromatic heterocycles. The number of rotatable bonds is 3. The SMILES string of the molecule is [Br-].[Br-].[Mg+2].c1ccc(COc2ccccc2)cc1. The molecule has 0 saturated heterocycles. The first-order valence-corrected chi connectivity index (χ1v) is 4.67. The Labute approximate surface area is 139 Å². The number of hydrogen-bond acceptors (Lipinski definition) is 1. The minimum Gasteiger partial charge on any atom is -1.00 e. The van der Waals surface area contributed by atoms with Gasteiger partial charge in [0.05, 0.1) is 0 Å². The largest absolute Gasteiger partial charge is 2.00 e. The first-order chi connectivity index (χ1) is 6.95. The van der Waals surface area contributed by atoms with Gasteiger partial charge in [0.15, 0.2) is 0 Å². The Balaban J connectivity index is 0. The van der Waals surface area contributed by atoms with Crippen LogP contribution in [0.5, 0.6) is 5.75 Å². The summed E-state index contributed by atoms with van der Waals surface area (Å²) in [5, 5.41) is 0. The molecule has 0 amide bonds. The molecule has 0 saturated carbocycles. The van der Waals surface area contributed by atoms with Crippen LogP contribution in [0.2, 0.25) is 0 Å². The molecule has 0 atom stereocenters. The first-order valence-electron chi connectivity index (χ1n) is 4.67. The molecule has 0 unspecified atom stereocenters. The molecule has 1 nitrogen and oxygen atoms in total. The molecule has 0 aliphatic rings. The zero-order valence-corrected chi connectivity index (χ0v) is 13.9. The van der Waals surface area contributed by atoms with E-state index in [0.717, 1.165) is 5.75 Å². The summed E-state index contributed by atoms with van der Waals surface area (Å²) in [4.78, 5) is 0. The zero-order valence-electron chi connectivity index (χ0n) is 9.35. The first kappa shape index (κ1) is 19.3. The van der Waals surface area contributed by atoms with Gasteiger partial charge in [0.2, 0.25) is 0 Å². The van der Waals surface area contributed by atoms with E-state index in [1.165, 1.54) is 5.56 Å². The zero-order chi connectivity index (χ0) is 9.64. The summed E-state index contributed by atoms with van der Waals surface area (Å²) >= 11 is 0. The van der Waals surface area contributed by atoms with Crippen LogP contribution in [-0.4, -0.2) is 23.1 Å². The summed E-state index contributed by atoms with van der Waals surface area (Å²) in [7, 11) is 0. The fourth-order valence-corrected chi connectivity index (χ4v) is 1.26. The number of benzene rings is 2. The molecule has 0 spiro atoms. The normalized spacial score (nSPS) is 8.00. The molecule has 0 bridgehead atoms. The minimum absolute atomic E-state index is 0. The molecule has 0 fully saturated rings. The van der Waals surface area contributed by atoms with Gasteiger partial charge in [-0.25, -0.2) is 0 Å². The van der Waals surface area contributed by atoms with Crippen molar-refractivity contribution < 1.29 is 38.7 Å². The van der Waals surface area contributed by atoms with Crippen LogP contribution >= 0.6 is 0 Å². The summed E-state index contributed by atoms with van der Waals surface area (Å²) in [5.74, 6) is 0.913. The fourth-order valence-electron chi connectivity index (χ4n) is 1.26. The van der Waals surface area contributed by atoms with Crippen LogP contribution in [0.4, 0.5) is 0 Å². The van der Waals surface area contributed by atoms with Gasteiger partial charge in [0.25, 0.3) is 0 Å². The quantitative estimate of drug-likeness (QED) is 0.522. The van der Waals surface area contributed by atoms with Crippen LogP contribution in [-0.2, 0) is 6.61 Å². The molecule has 0 aliphatic carbocycles. The van der Waals surface area contributed by atoms with Gasteiger partial charge in [-0.05, 0) is 17.7 Å². The van der Waals surface area contributed by atoms with E-state index < -0.39 is 0 Å². The third kappa shape index (κ3) is 7.08. The van der Waals surface area contributed by atoms with Gasteiger partial charge < -0.3 is 38.7 Å². The number of para-hydroxylation sites is 1. The Morgan fingerprint density at radius 3 is 1.71 bits per heavy atom. The van der Waals surface area contributed by atoms with E-state index in [1.54, 1.807) is 0 Å². The van der Waals surface area contributed by atoms with Gasteiger partial charge in [-0.15, -0.1) is 0 Å². The van der Waals surface area contributed by atoms with Crippen molar-refractivity contribution in [3.63, 3.8) is 0 Å². The predicted octanol–water partition coefficient (Wildman–Crippen LogP) is -3.11. The molecular formula is C13H12Br2MgO. The molecule has 0 heterocycles. The molecule has 4 heteroatoms. The Morgan fingerprint density at radius 2 is 1.18 bits per heavy atom. The van der Waals surface area contributed by atoms with Crippen LogP contribution in [0.3, 0.4) is 0 Å². The molecule has 0 N–H and O–H groups in total. The van der Waals surface area contributed by atoms with Gasteiger partial charge in [0.1, 0.15) is 12.4 Å². The standard InChI is InChI=1S/C13H12O.2BrH.Mg/c1-3-7-12(8-4-1)11-14-13-9-5-2-6-10-13;;;/h1-10H,11H2;2*1H;/q;;;+2/p-2. The van der Waals surface area contributed by atoms with Gasteiger partial charge in [-0.1, -0.05) is 48.5 Å². The topological polar surface area (TPSA) is 9.23 Å². The average Bonchev–Trinajstić information content (AvgIpc) is 2.29. The van der Waals surface area contributed by atoms with E-state index in [1.807, 2.05) is 48.5 Å². The third-order valence-electron chi connectivity index (χ3n) is 1.99.